The number of nitrogens with zero attached hydrogens (tertiary/aromatic N) is 3. The normalized spacial score (nSPS) is 16.8. The quantitative estimate of drug-likeness (QED) is 0.911. The Morgan fingerprint density at radius 2 is 1.89 bits per heavy atom. The molecule has 2 heterocycles. The Balaban J connectivity index is 1.76. The summed E-state index contributed by atoms with van der Waals surface area (Å²) in [4.78, 5) is 8.56. The van der Waals surface area contributed by atoms with Crippen LogP contribution in [0.5, 0.6) is 0 Å². The molecule has 1 aliphatic rings. The first kappa shape index (κ1) is 11.9. The van der Waals surface area contributed by atoms with Gasteiger partial charge >= 0.3 is 0 Å². The summed E-state index contributed by atoms with van der Waals surface area (Å²) < 4.78 is 0. The molecule has 94 valence electrons. The van der Waals surface area contributed by atoms with Crippen molar-refractivity contribution in [2.75, 3.05) is 5.75 Å². The van der Waals surface area contributed by atoms with Gasteiger partial charge in [-0.15, -0.1) is 0 Å². The van der Waals surface area contributed by atoms with Crippen LogP contribution in [-0.2, 0) is 0 Å². The van der Waals surface area contributed by atoms with Crippen molar-refractivity contribution in [3.05, 3.63) is 60.3 Å². The lowest BCUT2D eigenvalue weighted by Gasteiger charge is -2.14. The first-order valence-electron chi connectivity index (χ1n) is 5.92. The van der Waals surface area contributed by atoms with Crippen LogP contribution >= 0.6 is 11.8 Å². The largest absolute Gasteiger partial charge is 0.255 e. The number of benzene rings is 1. The monoisotopic (exact) mass is 268 g/mol. The summed E-state index contributed by atoms with van der Waals surface area (Å²) in [5, 5.41) is 5.14. The Labute approximate surface area is 115 Å². The molecular weight excluding hydrogens is 256 g/mol. The highest BCUT2D eigenvalue weighted by atomic mass is 32.2. The summed E-state index contributed by atoms with van der Waals surface area (Å²) in [5.41, 5.74) is 5.15. The molecule has 2 aromatic rings. The zero-order chi connectivity index (χ0) is 12.9. The van der Waals surface area contributed by atoms with Crippen molar-refractivity contribution < 1.29 is 0 Å². The van der Waals surface area contributed by atoms with Gasteiger partial charge in [0.05, 0.1) is 5.71 Å². The summed E-state index contributed by atoms with van der Waals surface area (Å²) in [5.74, 6) is 1.50. The number of nitrogens with one attached hydrogen (secondary N) is 1. The number of rotatable bonds is 2. The van der Waals surface area contributed by atoms with E-state index in [2.05, 4.69) is 32.6 Å². The maximum Gasteiger partial charge on any atom is 0.184 e. The maximum absolute atomic E-state index is 4.40. The first-order chi connectivity index (χ1) is 9.42. The third-order valence-electron chi connectivity index (χ3n) is 2.60. The lowest BCUT2D eigenvalue weighted by atomic mass is 10.1. The summed E-state index contributed by atoms with van der Waals surface area (Å²) in [6.45, 7) is 0. The van der Waals surface area contributed by atoms with E-state index in [-0.39, 0.29) is 0 Å². The van der Waals surface area contributed by atoms with E-state index in [1.807, 2.05) is 36.4 Å². The van der Waals surface area contributed by atoms with E-state index < -0.39 is 0 Å². The predicted molar refractivity (Wildman–Crippen MR) is 79.9 cm³/mol. The number of hydrogen-bond donors (Lipinski definition) is 1. The number of thioether (sulfide) groups is 1. The highest BCUT2D eigenvalue weighted by Crippen LogP contribution is 2.16. The van der Waals surface area contributed by atoms with Gasteiger partial charge < -0.3 is 0 Å². The fourth-order valence-electron chi connectivity index (χ4n) is 1.68. The molecule has 1 aliphatic heterocycles. The van der Waals surface area contributed by atoms with Crippen LogP contribution in [0.25, 0.3) is 0 Å². The lowest BCUT2D eigenvalue weighted by Crippen LogP contribution is -2.25. The van der Waals surface area contributed by atoms with E-state index in [0.29, 0.717) is 5.82 Å². The summed E-state index contributed by atoms with van der Waals surface area (Å²) >= 11 is 1.63. The number of hydrogen-bond acceptors (Lipinski definition) is 4. The Morgan fingerprint density at radius 3 is 2.58 bits per heavy atom. The van der Waals surface area contributed by atoms with Crippen LogP contribution < -0.4 is 5.43 Å². The maximum atomic E-state index is 4.40. The molecule has 0 fully saturated rings. The first-order valence-corrected chi connectivity index (χ1v) is 6.91. The predicted octanol–water partition coefficient (Wildman–Crippen LogP) is 2.81. The van der Waals surface area contributed by atoms with Crippen LogP contribution in [0.15, 0.2) is 64.8 Å². The van der Waals surface area contributed by atoms with Gasteiger partial charge in [0.15, 0.2) is 11.0 Å². The van der Waals surface area contributed by atoms with E-state index in [1.165, 1.54) is 0 Å². The number of pyridine rings is 1. The molecule has 1 aromatic carbocycles. The topological polar surface area (TPSA) is 49.6 Å². The van der Waals surface area contributed by atoms with Crippen molar-refractivity contribution in [2.45, 2.75) is 0 Å². The summed E-state index contributed by atoms with van der Waals surface area (Å²) in [6, 6.07) is 15.8. The van der Waals surface area contributed by atoms with E-state index in [9.17, 15) is 0 Å². The van der Waals surface area contributed by atoms with E-state index in [1.54, 1.807) is 18.0 Å². The van der Waals surface area contributed by atoms with E-state index >= 15 is 0 Å². The van der Waals surface area contributed by atoms with Gasteiger partial charge in [0.2, 0.25) is 0 Å². The van der Waals surface area contributed by atoms with Crippen LogP contribution in [0.1, 0.15) is 5.56 Å². The second kappa shape index (κ2) is 5.67. The molecule has 1 aromatic heterocycles. The number of amidine groups is 1. The average molecular weight is 268 g/mol. The van der Waals surface area contributed by atoms with Gasteiger partial charge in [-0.2, -0.15) is 5.10 Å². The molecule has 0 unspecified atom stereocenters. The van der Waals surface area contributed by atoms with Gasteiger partial charge in [-0.25, -0.2) is 9.98 Å². The third-order valence-corrected chi connectivity index (χ3v) is 3.48. The second-order valence-corrected chi connectivity index (χ2v) is 4.89. The van der Waals surface area contributed by atoms with Gasteiger partial charge in [-0.1, -0.05) is 48.2 Å². The standard InChI is InChI=1S/C14H12N4S/c1-2-6-11(7-3-1)12-10-19-14(18-17-12)16-13-8-4-5-9-15-13/h1-9H,10H2,(H,15,16,18). The minimum Gasteiger partial charge on any atom is -0.255 e. The van der Waals surface area contributed by atoms with Crippen molar-refractivity contribution in [3.63, 3.8) is 0 Å². The lowest BCUT2D eigenvalue weighted by molar-refractivity contribution is 1.03. The highest BCUT2D eigenvalue weighted by molar-refractivity contribution is 8.14. The molecule has 0 radical (unpaired) electrons. The number of aromatic nitrogens is 1. The van der Waals surface area contributed by atoms with Gasteiger partial charge in [0.1, 0.15) is 0 Å². The van der Waals surface area contributed by atoms with Crippen LogP contribution in [0, 0.1) is 0 Å². The van der Waals surface area contributed by atoms with Crippen LogP contribution in [-0.4, -0.2) is 21.6 Å². The molecule has 0 atom stereocenters. The Morgan fingerprint density at radius 1 is 1.05 bits per heavy atom. The van der Waals surface area contributed by atoms with Crippen molar-refractivity contribution in [3.8, 4) is 0 Å². The third kappa shape index (κ3) is 3.00. The summed E-state index contributed by atoms with van der Waals surface area (Å²) in [6.07, 6.45) is 1.73. The van der Waals surface area contributed by atoms with Gasteiger partial charge in [0, 0.05) is 11.9 Å². The Kier molecular flexibility index (Phi) is 3.56. The molecule has 3 rings (SSSR count). The molecule has 4 nitrogen and oxygen atoms in total. The van der Waals surface area contributed by atoms with Crippen molar-refractivity contribution in [1.82, 2.24) is 10.4 Å². The molecule has 5 heteroatoms. The zero-order valence-electron chi connectivity index (χ0n) is 10.2. The van der Waals surface area contributed by atoms with Crippen molar-refractivity contribution in [1.29, 1.82) is 0 Å². The smallest absolute Gasteiger partial charge is 0.184 e. The van der Waals surface area contributed by atoms with E-state index in [0.717, 1.165) is 22.2 Å². The molecule has 19 heavy (non-hydrogen) atoms. The van der Waals surface area contributed by atoms with Crippen molar-refractivity contribution in [2.24, 2.45) is 10.1 Å². The summed E-state index contributed by atoms with van der Waals surface area (Å²) in [7, 11) is 0. The van der Waals surface area contributed by atoms with Gasteiger partial charge in [-0.05, 0) is 17.7 Å². The average Bonchev–Trinajstić information content (AvgIpc) is 2.50. The minimum atomic E-state index is 0.691. The molecule has 0 saturated carbocycles. The second-order valence-electron chi connectivity index (χ2n) is 3.93. The molecule has 0 aliphatic carbocycles. The highest BCUT2D eigenvalue weighted by Gasteiger charge is 2.12. The molecule has 0 saturated heterocycles. The SMILES string of the molecule is c1ccc(C2=NNC(=Nc3ccccn3)SC2)cc1. The molecule has 1 N–H and O–H groups in total. The van der Waals surface area contributed by atoms with Crippen LogP contribution in [0.2, 0.25) is 0 Å². The molecule has 0 amide bonds. The molecular formula is C14H12N4S. The zero-order valence-corrected chi connectivity index (χ0v) is 11.0. The minimum absolute atomic E-state index is 0.691. The van der Waals surface area contributed by atoms with Crippen LogP contribution in [0.3, 0.4) is 0 Å². The van der Waals surface area contributed by atoms with Gasteiger partial charge in [-0.3, -0.25) is 5.43 Å². The fourth-order valence-corrected chi connectivity index (χ4v) is 2.45. The number of aliphatic imine (C=N–C) groups is 1. The number of hydrazone groups is 1. The van der Waals surface area contributed by atoms with Crippen molar-refractivity contribution >= 4 is 28.5 Å². The Hall–Kier alpha value is -2.14. The van der Waals surface area contributed by atoms with Gasteiger partial charge in [0.25, 0.3) is 0 Å². The Bertz CT molecular complexity index is 608. The van der Waals surface area contributed by atoms with Crippen LogP contribution in [0.4, 0.5) is 5.82 Å². The fraction of sp³-hybridized carbons (Fsp3) is 0.0714. The molecule has 0 bridgehead atoms. The molecule has 0 spiro atoms. The van der Waals surface area contributed by atoms with E-state index in [4.69, 9.17) is 0 Å².